The molecule has 0 aromatic heterocycles. The van der Waals surface area contributed by atoms with E-state index in [0.29, 0.717) is 12.1 Å². The summed E-state index contributed by atoms with van der Waals surface area (Å²) in [5.41, 5.74) is 3.85. The topological polar surface area (TPSA) is 3.24 Å². The van der Waals surface area contributed by atoms with Gasteiger partial charge in [-0.05, 0) is 54.2 Å². The van der Waals surface area contributed by atoms with Crippen LogP contribution in [0.25, 0.3) is 5.57 Å². The van der Waals surface area contributed by atoms with Crippen LogP contribution in [0.2, 0.25) is 10.0 Å². The lowest BCUT2D eigenvalue weighted by Crippen LogP contribution is -2.37. The van der Waals surface area contributed by atoms with Crippen molar-refractivity contribution in [2.24, 2.45) is 0 Å². The molecule has 2 aromatic carbocycles. The van der Waals surface area contributed by atoms with Crippen molar-refractivity contribution in [3.8, 4) is 0 Å². The van der Waals surface area contributed by atoms with E-state index in [2.05, 4.69) is 41.3 Å². The molecule has 2 unspecified atom stereocenters. The Hall–Kier alpha value is -1.28. The molecule has 118 valence electrons. The molecular formula is C20H19Cl2N. The van der Waals surface area contributed by atoms with Crippen molar-refractivity contribution in [1.29, 1.82) is 0 Å². The fourth-order valence-corrected chi connectivity index (χ4v) is 4.31. The molecule has 2 aliphatic rings. The van der Waals surface area contributed by atoms with E-state index in [1.54, 1.807) is 0 Å². The minimum atomic E-state index is 0.513. The van der Waals surface area contributed by atoms with Gasteiger partial charge in [0.1, 0.15) is 0 Å². The van der Waals surface area contributed by atoms with Crippen molar-refractivity contribution in [2.75, 3.05) is 0 Å². The van der Waals surface area contributed by atoms with Crippen LogP contribution in [0.15, 0.2) is 54.6 Å². The standard InChI is InChI=1S/C20H19Cl2N/c21-16-6-9-20(22)19(12-16)15-10-17-7-8-18(11-15)23(17)13-14-4-2-1-3-5-14/h1-6,9-10,12,17-18H,7-8,11,13H2. The Balaban J connectivity index is 1.60. The van der Waals surface area contributed by atoms with Crippen LogP contribution < -0.4 is 0 Å². The first kappa shape index (κ1) is 15.3. The van der Waals surface area contributed by atoms with E-state index in [0.717, 1.165) is 28.6 Å². The first-order chi connectivity index (χ1) is 11.2. The molecule has 2 atom stereocenters. The highest BCUT2D eigenvalue weighted by molar-refractivity contribution is 6.34. The van der Waals surface area contributed by atoms with Gasteiger partial charge in [-0.25, -0.2) is 0 Å². The first-order valence-electron chi connectivity index (χ1n) is 8.16. The number of nitrogens with zero attached hydrogens (tertiary/aromatic N) is 1. The predicted octanol–water partition coefficient (Wildman–Crippen LogP) is 5.81. The zero-order valence-electron chi connectivity index (χ0n) is 12.9. The molecule has 1 saturated heterocycles. The lowest BCUT2D eigenvalue weighted by atomic mass is 9.94. The van der Waals surface area contributed by atoms with Gasteiger partial charge in [-0.3, -0.25) is 4.90 Å². The van der Waals surface area contributed by atoms with Gasteiger partial charge in [0.2, 0.25) is 0 Å². The molecule has 2 bridgehead atoms. The maximum absolute atomic E-state index is 6.40. The number of rotatable bonds is 3. The fraction of sp³-hybridized carbons (Fsp3) is 0.300. The first-order valence-corrected chi connectivity index (χ1v) is 8.92. The molecule has 0 N–H and O–H groups in total. The van der Waals surface area contributed by atoms with Crippen LogP contribution >= 0.6 is 23.2 Å². The maximum atomic E-state index is 6.40. The van der Waals surface area contributed by atoms with Gasteiger partial charge in [0.05, 0.1) is 0 Å². The zero-order chi connectivity index (χ0) is 15.8. The maximum Gasteiger partial charge on any atom is 0.0482 e. The van der Waals surface area contributed by atoms with Gasteiger partial charge in [0.25, 0.3) is 0 Å². The van der Waals surface area contributed by atoms with Crippen molar-refractivity contribution >= 4 is 28.8 Å². The van der Waals surface area contributed by atoms with Gasteiger partial charge in [-0.1, -0.05) is 59.6 Å². The lowest BCUT2D eigenvalue weighted by Gasteiger charge is -2.34. The third-order valence-electron chi connectivity index (χ3n) is 5.02. The summed E-state index contributed by atoms with van der Waals surface area (Å²) in [6, 6.07) is 17.6. The van der Waals surface area contributed by atoms with Crippen LogP contribution in [0.3, 0.4) is 0 Å². The van der Waals surface area contributed by atoms with E-state index in [9.17, 15) is 0 Å². The third-order valence-corrected chi connectivity index (χ3v) is 5.59. The molecule has 3 heteroatoms. The second-order valence-electron chi connectivity index (χ2n) is 6.48. The van der Waals surface area contributed by atoms with E-state index in [4.69, 9.17) is 23.2 Å². The van der Waals surface area contributed by atoms with Gasteiger partial charge in [-0.15, -0.1) is 0 Å². The number of benzene rings is 2. The van der Waals surface area contributed by atoms with Crippen LogP contribution in [0.4, 0.5) is 0 Å². The average Bonchev–Trinajstić information content (AvgIpc) is 2.80. The summed E-state index contributed by atoms with van der Waals surface area (Å²) >= 11 is 12.6. The molecule has 0 amide bonds. The molecule has 1 nitrogen and oxygen atoms in total. The van der Waals surface area contributed by atoms with Crippen molar-refractivity contribution < 1.29 is 0 Å². The van der Waals surface area contributed by atoms with Crippen molar-refractivity contribution in [3.05, 3.63) is 75.8 Å². The molecule has 1 fully saturated rings. The SMILES string of the molecule is Clc1ccc(Cl)c(C2=CC3CCC(C2)N3Cc2ccccc2)c1. The lowest BCUT2D eigenvalue weighted by molar-refractivity contribution is 0.203. The highest BCUT2D eigenvalue weighted by Crippen LogP contribution is 2.41. The smallest absolute Gasteiger partial charge is 0.0482 e. The highest BCUT2D eigenvalue weighted by atomic mass is 35.5. The summed E-state index contributed by atoms with van der Waals surface area (Å²) in [6.07, 6.45) is 5.96. The fourth-order valence-electron chi connectivity index (χ4n) is 3.90. The predicted molar refractivity (Wildman–Crippen MR) is 97.9 cm³/mol. The molecule has 2 heterocycles. The molecule has 0 aliphatic carbocycles. The van der Waals surface area contributed by atoms with Crippen LogP contribution in [-0.2, 0) is 6.54 Å². The molecule has 4 rings (SSSR count). The number of halogens is 2. The molecule has 2 aliphatic heterocycles. The third kappa shape index (κ3) is 3.06. The van der Waals surface area contributed by atoms with Gasteiger partial charge in [-0.2, -0.15) is 0 Å². The molecule has 0 radical (unpaired) electrons. The van der Waals surface area contributed by atoms with Crippen LogP contribution in [0.5, 0.6) is 0 Å². The van der Waals surface area contributed by atoms with E-state index in [1.807, 2.05) is 18.2 Å². The van der Waals surface area contributed by atoms with Crippen molar-refractivity contribution in [2.45, 2.75) is 37.9 Å². The Morgan fingerprint density at radius 3 is 2.61 bits per heavy atom. The number of hydrogen-bond acceptors (Lipinski definition) is 1. The van der Waals surface area contributed by atoms with Crippen LogP contribution in [0.1, 0.15) is 30.4 Å². The summed E-state index contributed by atoms with van der Waals surface area (Å²) in [5, 5.41) is 1.56. The Bertz CT molecular complexity index is 739. The van der Waals surface area contributed by atoms with E-state index in [-0.39, 0.29) is 0 Å². The van der Waals surface area contributed by atoms with Crippen molar-refractivity contribution in [1.82, 2.24) is 4.90 Å². The normalized spacial score (nSPS) is 23.8. The molecular weight excluding hydrogens is 325 g/mol. The number of hydrogen-bond donors (Lipinski definition) is 0. The van der Waals surface area contributed by atoms with E-state index in [1.165, 1.54) is 24.0 Å². The van der Waals surface area contributed by atoms with Gasteiger partial charge in [0, 0.05) is 28.7 Å². The number of fused-ring (bicyclic) bond motifs is 2. The minimum Gasteiger partial charge on any atom is -0.289 e. The molecule has 2 aromatic rings. The van der Waals surface area contributed by atoms with Gasteiger partial charge >= 0.3 is 0 Å². The Morgan fingerprint density at radius 1 is 1.00 bits per heavy atom. The zero-order valence-corrected chi connectivity index (χ0v) is 14.4. The summed E-state index contributed by atoms with van der Waals surface area (Å²) < 4.78 is 0. The summed E-state index contributed by atoms with van der Waals surface area (Å²) in [6.45, 7) is 1.03. The Labute approximate surface area is 147 Å². The van der Waals surface area contributed by atoms with E-state index < -0.39 is 0 Å². The largest absolute Gasteiger partial charge is 0.289 e. The van der Waals surface area contributed by atoms with Gasteiger partial charge < -0.3 is 0 Å². The Morgan fingerprint density at radius 2 is 1.83 bits per heavy atom. The van der Waals surface area contributed by atoms with E-state index >= 15 is 0 Å². The Kier molecular flexibility index (Phi) is 4.19. The van der Waals surface area contributed by atoms with Crippen molar-refractivity contribution in [3.63, 3.8) is 0 Å². The second-order valence-corrected chi connectivity index (χ2v) is 7.32. The quantitative estimate of drug-likeness (QED) is 0.679. The molecule has 23 heavy (non-hydrogen) atoms. The van der Waals surface area contributed by atoms with Crippen LogP contribution in [-0.4, -0.2) is 17.0 Å². The molecule has 0 spiro atoms. The average molecular weight is 344 g/mol. The van der Waals surface area contributed by atoms with Crippen LogP contribution in [0, 0.1) is 0 Å². The summed E-state index contributed by atoms with van der Waals surface area (Å²) in [5.74, 6) is 0. The summed E-state index contributed by atoms with van der Waals surface area (Å²) in [4.78, 5) is 2.64. The monoisotopic (exact) mass is 343 g/mol. The summed E-state index contributed by atoms with van der Waals surface area (Å²) in [7, 11) is 0. The minimum absolute atomic E-state index is 0.513. The van der Waals surface area contributed by atoms with Gasteiger partial charge in [0.15, 0.2) is 0 Å². The second kappa shape index (κ2) is 6.32. The molecule has 0 saturated carbocycles. The highest BCUT2D eigenvalue weighted by Gasteiger charge is 2.36.